The van der Waals surface area contributed by atoms with E-state index in [0.717, 1.165) is 11.3 Å². The highest BCUT2D eigenvalue weighted by molar-refractivity contribution is 7.94. The Morgan fingerprint density at radius 2 is 1.89 bits per heavy atom. The van der Waals surface area contributed by atoms with Gasteiger partial charge in [0.25, 0.3) is 10.0 Å². The lowest BCUT2D eigenvalue weighted by atomic mass is 10.2. The molecule has 0 aliphatic heterocycles. The Labute approximate surface area is 114 Å². The van der Waals surface area contributed by atoms with Gasteiger partial charge in [0, 0.05) is 5.69 Å². The summed E-state index contributed by atoms with van der Waals surface area (Å²) in [4.78, 5) is 11.2. The summed E-state index contributed by atoms with van der Waals surface area (Å²) in [5.41, 5.74) is 0.752. The molecule has 1 aromatic carbocycles. The number of nitrogens with one attached hydrogen (secondary N) is 1. The molecule has 7 heteroatoms. The van der Waals surface area contributed by atoms with Gasteiger partial charge in [-0.1, -0.05) is 6.07 Å². The Kier molecular flexibility index (Phi) is 3.87. The Morgan fingerprint density at radius 1 is 1.21 bits per heavy atom. The first-order chi connectivity index (χ1) is 9.03. The van der Waals surface area contributed by atoms with Crippen molar-refractivity contribution in [1.29, 1.82) is 0 Å². The van der Waals surface area contributed by atoms with Crippen LogP contribution in [0.25, 0.3) is 0 Å². The quantitative estimate of drug-likeness (QED) is 0.879. The zero-order valence-electron chi connectivity index (χ0n) is 9.99. The average molecular weight is 297 g/mol. The van der Waals surface area contributed by atoms with Crippen LogP contribution in [0.3, 0.4) is 0 Å². The molecule has 0 atom stereocenters. The normalized spacial score (nSPS) is 11.0. The number of sulfonamides is 1. The number of anilines is 1. The zero-order chi connectivity index (χ0) is 13.9. The van der Waals surface area contributed by atoms with Crippen LogP contribution in [-0.2, 0) is 14.8 Å². The first-order valence-electron chi connectivity index (χ1n) is 5.27. The number of thiophene rings is 1. The van der Waals surface area contributed by atoms with Crippen LogP contribution in [0, 0.1) is 0 Å². The number of hydrogen-bond acceptors (Lipinski definition) is 5. The summed E-state index contributed by atoms with van der Waals surface area (Å²) in [6, 6.07) is 9.21. The molecule has 0 saturated heterocycles. The lowest BCUT2D eigenvalue weighted by molar-refractivity contribution is 0.0601. The third-order valence-electron chi connectivity index (χ3n) is 2.32. The molecule has 0 aliphatic carbocycles. The third-order valence-corrected chi connectivity index (χ3v) is 5.10. The summed E-state index contributed by atoms with van der Waals surface area (Å²) in [6.07, 6.45) is 0. The minimum Gasteiger partial charge on any atom is -0.465 e. The van der Waals surface area contributed by atoms with Crippen molar-refractivity contribution in [3.05, 3.63) is 47.3 Å². The second kappa shape index (κ2) is 5.41. The van der Waals surface area contributed by atoms with E-state index in [0.29, 0.717) is 11.3 Å². The summed E-state index contributed by atoms with van der Waals surface area (Å²) in [5.74, 6) is -0.465. The van der Waals surface area contributed by atoms with Crippen LogP contribution in [0.15, 0.2) is 46.0 Å². The van der Waals surface area contributed by atoms with Crippen molar-refractivity contribution in [1.82, 2.24) is 0 Å². The second-order valence-corrected chi connectivity index (χ2v) is 6.46. The van der Waals surface area contributed by atoms with Gasteiger partial charge in [0.2, 0.25) is 0 Å². The molecule has 1 aromatic heterocycles. The Bertz CT molecular complexity index is 660. The molecule has 5 nitrogen and oxygen atoms in total. The summed E-state index contributed by atoms with van der Waals surface area (Å²) in [7, 11) is -2.27. The Hall–Kier alpha value is -1.86. The minimum absolute atomic E-state index is 0.240. The molecule has 0 bridgehead atoms. The van der Waals surface area contributed by atoms with E-state index in [4.69, 9.17) is 0 Å². The summed E-state index contributed by atoms with van der Waals surface area (Å²) in [6.45, 7) is 0. The van der Waals surface area contributed by atoms with Gasteiger partial charge in [0.15, 0.2) is 0 Å². The fourth-order valence-corrected chi connectivity index (χ4v) is 3.47. The van der Waals surface area contributed by atoms with Gasteiger partial charge in [0.05, 0.1) is 12.7 Å². The third kappa shape index (κ3) is 3.12. The second-order valence-electron chi connectivity index (χ2n) is 3.61. The Morgan fingerprint density at radius 3 is 2.42 bits per heavy atom. The van der Waals surface area contributed by atoms with E-state index in [1.54, 1.807) is 11.4 Å². The molecule has 1 heterocycles. The van der Waals surface area contributed by atoms with Crippen LogP contribution in [0.5, 0.6) is 0 Å². The number of hydrogen-bond donors (Lipinski definition) is 1. The van der Waals surface area contributed by atoms with E-state index in [9.17, 15) is 13.2 Å². The number of benzene rings is 1. The number of ether oxygens (including phenoxy) is 1. The highest BCUT2D eigenvalue weighted by Gasteiger charge is 2.15. The highest BCUT2D eigenvalue weighted by atomic mass is 32.2. The first kappa shape index (κ1) is 13.6. The fourth-order valence-electron chi connectivity index (χ4n) is 1.41. The standard InChI is InChI=1S/C12H11NO4S2/c1-17-12(14)9-4-6-10(7-5-9)13-19(15,16)11-3-2-8-18-11/h2-8,13H,1H3. The monoisotopic (exact) mass is 297 g/mol. The van der Waals surface area contributed by atoms with E-state index in [1.165, 1.54) is 37.4 Å². The van der Waals surface area contributed by atoms with Crippen LogP contribution in [0.2, 0.25) is 0 Å². The average Bonchev–Trinajstić information content (AvgIpc) is 2.93. The van der Waals surface area contributed by atoms with Crippen molar-refractivity contribution >= 4 is 33.0 Å². The molecule has 100 valence electrons. The smallest absolute Gasteiger partial charge is 0.337 e. The molecule has 0 spiro atoms. The van der Waals surface area contributed by atoms with Crippen LogP contribution in [-0.4, -0.2) is 21.5 Å². The van der Waals surface area contributed by atoms with Crippen LogP contribution in [0.4, 0.5) is 5.69 Å². The predicted molar refractivity (Wildman–Crippen MR) is 72.9 cm³/mol. The van der Waals surface area contributed by atoms with Crippen LogP contribution >= 0.6 is 11.3 Å². The molecule has 0 fully saturated rings. The van der Waals surface area contributed by atoms with E-state index in [1.807, 2.05) is 0 Å². The summed E-state index contributed by atoms with van der Waals surface area (Å²) in [5, 5.41) is 1.69. The van der Waals surface area contributed by atoms with Crippen molar-refractivity contribution in [2.45, 2.75) is 4.21 Å². The van der Waals surface area contributed by atoms with Gasteiger partial charge in [-0.05, 0) is 35.7 Å². The maximum atomic E-state index is 11.9. The van der Waals surface area contributed by atoms with Crippen molar-refractivity contribution in [2.75, 3.05) is 11.8 Å². The molecule has 0 unspecified atom stereocenters. The Balaban J connectivity index is 2.19. The molecule has 0 amide bonds. The van der Waals surface area contributed by atoms with Crippen molar-refractivity contribution in [3.8, 4) is 0 Å². The van der Waals surface area contributed by atoms with Gasteiger partial charge in [-0.2, -0.15) is 0 Å². The molecule has 0 aliphatic rings. The van der Waals surface area contributed by atoms with E-state index in [-0.39, 0.29) is 4.21 Å². The van der Waals surface area contributed by atoms with Gasteiger partial charge < -0.3 is 4.74 Å². The van der Waals surface area contributed by atoms with Crippen molar-refractivity contribution in [2.24, 2.45) is 0 Å². The molecular weight excluding hydrogens is 286 g/mol. The number of methoxy groups -OCH3 is 1. The molecule has 1 N–H and O–H groups in total. The lowest BCUT2D eigenvalue weighted by Crippen LogP contribution is -2.11. The lowest BCUT2D eigenvalue weighted by Gasteiger charge is -2.06. The highest BCUT2D eigenvalue weighted by Crippen LogP contribution is 2.20. The van der Waals surface area contributed by atoms with Crippen LogP contribution < -0.4 is 4.72 Å². The molecule has 0 radical (unpaired) electrons. The largest absolute Gasteiger partial charge is 0.465 e. The number of carbonyl (C=O) groups excluding carboxylic acids is 1. The van der Waals surface area contributed by atoms with Gasteiger partial charge in [-0.15, -0.1) is 11.3 Å². The van der Waals surface area contributed by atoms with Gasteiger partial charge in [-0.25, -0.2) is 13.2 Å². The summed E-state index contributed by atoms with van der Waals surface area (Å²) < 4.78 is 31.1. The molecular formula is C12H11NO4S2. The predicted octanol–water partition coefficient (Wildman–Crippen LogP) is 2.34. The molecule has 0 saturated carbocycles. The molecule has 19 heavy (non-hydrogen) atoms. The maximum Gasteiger partial charge on any atom is 0.337 e. The first-order valence-corrected chi connectivity index (χ1v) is 7.64. The maximum absolute atomic E-state index is 11.9. The van der Waals surface area contributed by atoms with Gasteiger partial charge in [0.1, 0.15) is 4.21 Å². The molecule has 2 rings (SSSR count). The number of esters is 1. The fraction of sp³-hybridized carbons (Fsp3) is 0.0833. The number of rotatable bonds is 4. The van der Waals surface area contributed by atoms with Gasteiger partial charge in [-0.3, -0.25) is 4.72 Å². The van der Waals surface area contributed by atoms with Crippen LogP contribution in [0.1, 0.15) is 10.4 Å². The number of carbonyl (C=O) groups is 1. The molecule has 2 aromatic rings. The minimum atomic E-state index is -3.56. The van der Waals surface area contributed by atoms with E-state index in [2.05, 4.69) is 9.46 Å². The van der Waals surface area contributed by atoms with Gasteiger partial charge >= 0.3 is 5.97 Å². The van der Waals surface area contributed by atoms with E-state index < -0.39 is 16.0 Å². The van der Waals surface area contributed by atoms with Crippen molar-refractivity contribution in [3.63, 3.8) is 0 Å². The topological polar surface area (TPSA) is 72.5 Å². The van der Waals surface area contributed by atoms with Crippen molar-refractivity contribution < 1.29 is 17.9 Å². The van der Waals surface area contributed by atoms with E-state index >= 15 is 0 Å². The summed E-state index contributed by atoms with van der Waals surface area (Å²) >= 11 is 1.14. The zero-order valence-corrected chi connectivity index (χ0v) is 11.6. The SMILES string of the molecule is COC(=O)c1ccc(NS(=O)(=O)c2cccs2)cc1.